The summed E-state index contributed by atoms with van der Waals surface area (Å²) >= 11 is 0. The molecule has 1 rings (SSSR count). The lowest BCUT2D eigenvalue weighted by Crippen LogP contribution is -2.19. The van der Waals surface area contributed by atoms with E-state index in [1.165, 1.54) is 10.9 Å². The second-order valence-corrected chi connectivity index (χ2v) is 7.20. The lowest BCUT2D eigenvalue weighted by Gasteiger charge is -2.17. The normalized spacial score (nSPS) is 12.5. The number of nitrogens with one attached hydrogen (secondary N) is 1. The van der Waals surface area contributed by atoms with Gasteiger partial charge in [0.2, 0.25) is 15.9 Å². The number of carbonyl (C=O) groups excluding carboxylic acids is 1. The van der Waals surface area contributed by atoms with Gasteiger partial charge in [0.05, 0.1) is 0 Å². The summed E-state index contributed by atoms with van der Waals surface area (Å²) in [6.07, 6.45) is 2.25. The average Bonchev–Trinajstić information content (AvgIpc) is 2.55. The van der Waals surface area contributed by atoms with Crippen molar-refractivity contribution in [3.63, 3.8) is 0 Å². The van der Waals surface area contributed by atoms with Crippen LogP contribution in [0.1, 0.15) is 33.6 Å². The van der Waals surface area contributed by atoms with E-state index in [-0.39, 0.29) is 22.0 Å². The van der Waals surface area contributed by atoms with Crippen LogP contribution in [0.2, 0.25) is 0 Å². The van der Waals surface area contributed by atoms with Crippen LogP contribution in [0.3, 0.4) is 0 Å². The van der Waals surface area contributed by atoms with E-state index in [1.807, 2.05) is 20.8 Å². The van der Waals surface area contributed by atoms with Gasteiger partial charge in [-0.2, -0.15) is 5.10 Å². The van der Waals surface area contributed by atoms with Gasteiger partial charge < -0.3 is 5.32 Å². The highest BCUT2D eigenvalue weighted by Gasteiger charge is 2.20. The van der Waals surface area contributed by atoms with Crippen molar-refractivity contribution in [2.45, 2.75) is 38.5 Å². The van der Waals surface area contributed by atoms with Crippen LogP contribution in [0.4, 0.5) is 5.82 Å². The Balaban J connectivity index is 2.81. The topological polar surface area (TPSA) is 107 Å². The van der Waals surface area contributed by atoms with E-state index in [1.54, 1.807) is 7.05 Å². The molecule has 0 radical (unpaired) electrons. The van der Waals surface area contributed by atoms with Crippen molar-refractivity contribution in [2.24, 2.45) is 17.6 Å². The third-order valence-corrected chi connectivity index (χ3v) is 3.37. The molecule has 7 nitrogen and oxygen atoms in total. The van der Waals surface area contributed by atoms with Gasteiger partial charge in [-0.15, -0.1) is 0 Å². The maximum absolute atomic E-state index is 11.8. The Morgan fingerprint density at radius 3 is 2.53 bits per heavy atom. The number of primary sulfonamides is 1. The number of nitrogens with zero attached hydrogens (tertiary/aromatic N) is 2. The van der Waals surface area contributed by atoms with E-state index in [0.717, 1.165) is 0 Å². The highest BCUT2D eigenvalue weighted by Crippen LogP contribution is 2.22. The van der Waals surface area contributed by atoms with E-state index in [9.17, 15) is 13.2 Å². The Labute approximate surface area is 113 Å². The first-order valence-corrected chi connectivity index (χ1v) is 7.40. The van der Waals surface area contributed by atoms with E-state index >= 15 is 0 Å². The first-order chi connectivity index (χ1) is 8.49. The molecule has 1 aromatic heterocycles. The first-order valence-electron chi connectivity index (χ1n) is 5.85. The van der Waals surface area contributed by atoms with Crippen LogP contribution in [0.15, 0.2) is 11.1 Å². The summed E-state index contributed by atoms with van der Waals surface area (Å²) in [7, 11) is -2.34. The number of anilines is 1. The van der Waals surface area contributed by atoms with E-state index in [2.05, 4.69) is 10.4 Å². The number of amides is 1. The molecule has 0 atom stereocenters. The highest BCUT2D eigenvalue weighted by atomic mass is 32.2. The smallest absolute Gasteiger partial charge is 0.243 e. The van der Waals surface area contributed by atoms with Gasteiger partial charge in [-0.1, -0.05) is 20.8 Å². The van der Waals surface area contributed by atoms with Crippen LogP contribution in [0.25, 0.3) is 0 Å². The van der Waals surface area contributed by atoms with Gasteiger partial charge in [-0.05, 0) is 11.8 Å². The lowest BCUT2D eigenvalue weighted by molar-refractivity contribution is -0.116. The van der Waals surface area contributed by atoms with Crippen molar-refractivity contribution in [1.82, 2.24) is 9.78 Å². The summed E-state index contributed by atoms with van der Waals surface area (Å²) in [4.78, 5) is 11.6. The van der Waals surface area contributed by atoms with Crippen LogP contribution in [0, 0.1) is 5.41 Å². The van der Waals surface area contributed by atoms with Crippen LogP contribution >= 0.6 is 0 Å². The lowest BCUT2D eigenvalue weighted by atomic mass is 9.90. The molecule has 0 unspecified atom stereocenters. The Morgan fingerprint density at radius 1 is 1.47 bits per heavy atom. The van der Waals surface area contributed by atoms with Crippen LogP contribution < -0.4 is 10.5 Å². The summed E-state index contributed by atoms with van der Waals surface area (Å²) < 4.78 is 24.0. The summed E-state index contributed by atoms with van der Waals surface area (Å²) in [5, 5.41) is 11.4. The van der Waals surface area contributed by atoms with Gasteiger partial charge in [0.1, 0.15) is 4.90 Å². The second-order valence-electron chi connectivity index (χ2n) is 5.67. The van der Waals surface area contributed by atoms with Gasteiger partial charge in [-0.25, -0.2) is 13.6 Å². The first kappa shape index (κ1) is 15.6. The molecule has 1 heterocycles. The van der Waals surface area contributed by atoms with Crippen molar-refractivity contribution < 1.29 is 13.2 Å². The molecule has 0 spiro atoms. The maximum atomic E-state index is 11.8. The summed E-state index contributed by atoms with van der Waals surface area (Å²) in [5.74, 6) is -0.303. The molecular weight excluding hydrogens is 268 g/mol. The van der Waals surface area contributed by atoms with Crippen LogP contribution in [0.5, 0.6) is 0 Å². The number of aryl methyl sites for hydroxylation is 1. The Bertz CT molecular complexity index is 569. The molecule has 0 fully saturated rings. The van der Waals surface area contributed by atoms with Gasteiger partial charge in [0.15, 0.2) is 5.82 Å². The van der Waals surface area contributed by atoms with Crippen molar-refractivity contribution in [2.75, 3.05) is 5.32 Å². The molecule has 0 saturated heterocycles. The standard InChI is InChI=1S/C11H20N4O3S/c1-11(2,3)6-5-9(16)13-10-8(19(12,17)18)7-15(4)14-10/h7H,5-6H2,1-4H3,(H2,12,17,18)(H,13,14,16). The molecule has 0 aliphatic heterocycles. The number of rotatable bonds is 4. The highest BCUT2D eigenvalue weighted by molar-refractivity contribution is 7.89. The predicted octanol–water partition coefficient (Wildman–Crippen LogP) is 0.832. The number of carbonyl (C=O) groups is 1. The number of sulfonamides is 1. The van der Waals surface area contributed by atoms with Crippen molar-refractivity contribution in [1.29, 1.82) is 0 Å². The van der Waals surface area contributed by atoms with Crippen molar-refractivity contribution >= 4 is 21.7 Å². The molecule has 3 N–H and O–H groups in total. The van der Waals surface area contributed by atoms with Crippen molar-refractivity contribution in [3.05, 3.63) is 6.20 Å². The molecular formula is C11H20N4O3S. The quantitative estimate of drug-likeness (QED) is 0.855. The van der Waals surface area contributed by atoms with Crippen molar-refractivity contribution in [3.8, 4) is 0 Å². The predicted molar refractivity (Wildman–Crippen MR) is 71.9 cm³/mol. The number of hydrogen-bond acceptors (Lipinski definition) is 4. The number of nitrogens with two attached hydrogens (primary N) is 1. The average molecular weight is 288 g/mol. The van der Waals surface area contributed by atoms with Gasteiger partial charge in [0.25, 0.3) is 0 Å². The zero-order chi connectivity index (χ0) is 14.8. The van der Waals surface area contributed by atoms with Gasteiger partial charge >= 0.3 is 0 Å². The third-order valence-electron chi connectivity index (χ3n) is 2.46. The molecule has 0 aromatic carbocycles. The SMILES string of the molecule is Cn1cc(S(N)(=O)=O)c(NC(=O)CCC(C)(C)C)n1. The summed E-state index contributed by atoms with van der Waals surface area (Å²) in [6.45, 7) is 6.07. The monoisotopic (exact) mass is 288 g/mol. The van der Waals surface area contributed by atoms with E-state index < -0.39 is 10.0 Å². The molecule has 108 valence electrons. The minimum Gasteiger partial charge on any atom is -0.308 e. The molecule has 8 heteroatoms. The van der Waals surface area contributed by atoms with E-state index in [0.29, 0.717) is 12.8 Å². The fourth-order valence-corrected chi connectivity index (χ4v) is 2.11. The van der Waals surface area contributed by atoms with Crippen LogP contribution in [-0.4, -0.2) is 24.1 Å². The maximum Gasteiger partial charge on any atom is 0.243 e. The largest absolute Gasteiger partial charge is 0.308 e. The number of aromatic nitrogens is 2. The molecule has 0 aliphatic rings. The zero-order valence-electron chi connectivity index (χ0n) is 11.6. The zero-order valence-corrected chi connectivity index (χ0v) is 12.4. The Hall–Kier alpha value is -1.41. The van der Waals surface area contributed by atoms with E-state index in [4.69, 9.17) is 5.14 Å². The van der Waals surface area contributed by atoms with Gasteiger partial charge in [-0.3, -0.25) is 9.48 Å². The number of hydrogen-bond donors (Lipinski definition) is 2. The molecule has 0 aliphatic carbocycles. The fourth-order valence-electron chi connectivity index (χ4n) is 1.44. The summed E-state index contributed by atoms with van der Waals surface area (Å²) in [5.41, 5.74) is 0.0320. The van der Waals surface area contributed by atoms with Crippen LogP contribution in [-0.2, 0) is 21.9 Å². The Morgan fingerprint density at radius 2 is 2.05 bits per heavy atom. The minimum absolute atomic E-state index is 0.0242. The second kappa shape index (κ2) is 5.30. The molecule has 1 aromatic rings. The molecule has 0 bridgehead atoms. The molecule has 19 heavy (non-hydrogen) atoms. The third kappa shape index (κ3) is 4.99. The van der Waals surface area contributed by atoms with Gasteiger partial charge in [0, 0.05) is 19.7 Å². The summed E-state index contributed by atoms with van der Waals surface area (Å²) in [6, 6.07) is 0. The minimum atomic E-state index is -3.90. The molecule has 1 amide bonds. The molecule has 0 saturated carbocycles. The Kier molecular flexibility index (Phi) is 4.36. The fraction of sp³-hybridized carbons (Fsp3) is 0.636.